The van der Waals surface area contributed by atoms with E-state index in [1.807, 2.05) is 0 Å². The third-order valence-corrected chi connectivity index (χ3v) is 4.20. The van der Waals surface area contributed by atoms with Crippen LogP contribution < -0.4 is 10.6 Å². The van der Waals surface area contributed by atoms with E-state index in [-0.39, 0.29) is 13.0 Å². The Balaban J connectivity index is 2.00. The molecule has 8 heteroatoms. The molecular formula is C21H21ClN2O5. The largest absolute Gasteiger partial charge is 0.462 e. The highest BCUT2D eigenvalue weighted by molar-refractivity contribution is 6.30. The molecule has 0 heterocycles. The fourth-order valence-electron chi connectivity index (χ4n) is 2.52. The van der Waals surface area contributed by atoms with Gasteiger partial charge in [-0.05, 0) is 56.3 Å². The number of hydrogen-bond acceptors (Lipinski definition) is 5. The molecule has 0 bridgehead atoms. The number of esters is 1. The number of ketones is 1. The van der Waals surface area contributed by atoms with E-state index in [2.05, 4.69) is 10.6 Å². The van der Waals surface area contributed by atoms with Crippen molar-refractivity contribution < 1.29 is 23.9 Å². The summed E-state index contributed by atoms with van der Waals surface area (Å²) in [6.07, 6.45) is -0.311. The van der Waals surface area contributed by atoms with Crippen LogP contribution in [-0.2, 0) is 19.1 Å². The summed E-state index contributed by atoms with van der Waals surface area (Å²) >= 11 is 5.87. The van der Waals surface area contributed by atoms with Crippen molar-refractivity contribution in [2.75, 3.05) is 17.2 Å². The summed E-state index contributed by atoms with van der Waals surface area (Å²) in [5, 5.41) is 5.65. The van der Waals surface area contributed by atoms with Gasteiger partial charge < -0.3 is 15.4 Å². The van der Waals surface area contributed by atoms with Gasteiger partial charge in [0.15, 0.2) is 0 Å². The lowest BCUT2D eigenvalue weighted by molar-refractivity contribution is -0.133. The summed E-state index contributed by atoms with van der Waals surface area (Å²) in [4.78, 5) is 48.3. The first-order valence-corrected chi connectivity index (χ1v) is 9.32. The molecule has 2 N–H and O–H groups in total. The summed E-state index contributed by atoms with van der Waals surface area (Å²) in [5.41, 5.74) is 1.21. The van der Waals surface area contributed by atoms with Gasteiger partial charge in [-0.25, -0.2) is 4.79 Å². The van der Waals surface area contributed by atoms with Crippen LogP contribution >= 0.6 is 11.6 Å². The van der Waals surface area contributed by atoms with E-state index in [9.17, 15) is 19.2 Å². The summed E-state index contributed by atoms with van der Waals surface area (Å²) < 4.78 is 4.89. The number of anilines is 2. The van der Waals surface area contributed by atoms with Gasteiger partial charge in [-0.2, -0.15) is 0 Å². The standard InChI is InChI=1S/C21H21ClN2O5/c1-3-29-21(28)14-7-9-16(10-8-14)24-20(27)18(13(2)25)12-19(26)23-17-6-4-5-15(22)11-17/h4-11,18H,3,12H2,1-2H3,(H,23,26)(H,24,27). The van der Waals surface area contributed by atoms with E-state index in [0.29, 0.717) is 22.0 Å². The van der Waals surface area contributed by atoms with Crippen LogP contribution in [0.5, 0.6) is 0 Å². The molecule has 2 aromatic carbocycles. The van der Waals surface area contributed by atoms with E-state index in [1.165, 1.54) is 31.2 Å². The molecule has 0 radical (unpaired) electrons. The first-order valence-electron chi connectivity index (χ1n) is 8.94. The van der Waals surface area contributed by atoms with Gasteiger partial charge in [0, 0.05) is 22.8 Å². The molecule has 29 heavy (non-hydrogen) atoms. The molecule has 0 saturated carbocycles. The van der Waals surface area contributed by atoms with Crippen molar-refractivity contribution in [3.63, 3.8) is 0 Å². The number of halogens is 1. The Bertz CT molecular complexity index is 912. The van der Waals surface area contributed by atoms with Gasteiger partial charge in [0.05, 0.1) is 12.2 Å². The zero-order chi connectivity index (χ0) is 21.4. The Morgan fingerprint density at radius 3 is 2.28 bits per heavy atom. The number of benzene rings is 2. The summed E-state index contributed by atoms with van der Waals surface area (Å²) in [6.45, 7) is 3.21. The number of nitrogens with one attached hydrogen (secondary N) is 2. The van der Waals surface area contributed by atoms with Gasteiger partial charge in [-0.15, -0.1) is 0 Å². The fourth-order valence-corrected chi connectivity index (χ4v) is 2.71. The maximum absolute atomic E-state index is 12.5. The predicted molar refractivity (Wildman–Crippen MR) is 110 cm³/mol. The summed E-state index contributed by atoms with van der Waals surface area (Å²) in [6, 6.07) is 12.6. The van der Waals surface area contributed by atoms with Crippen LogP contribution in [0.3, 0.4) is 0 Å². The zero-order valence-electron chi connectivity index (χ0n) is 16.0. The van der Waals surface area contributed by atoms with Crippen LogP contribution in [0.4, 0.5) is 11.4 Å². The molecule has 1 atom stereocenters. The van der Waals surface area contributed by atoms with Gasteiger partial charge in [0.25, 0.3) is 0 Å². The molecule has 152 valence electrons. The highest BCUT2D eigenvalue weighted by Gasteiger charge is 2.26. The van der Waals surface area contributed by atoms with Crippen molar-refractivity contribution in [3.8, 4) is 0 Å². The van der Waals surface area contributed by atoms with Crippen LogP contribution in [0, 0.1) is 5.92 Å². The van der Waals surface area contributed by atoms with Crippen LogP contribution in [0.1, 0.15) is 30.6 Å². The maximum atomic E-state index is 12.5. The zero-order valence-corrected chi connectivity index (χ0v) is 16.8. The second kappa shape index (κ2) is 10.4. The number of amides is 2. The van der Waals surface area contributed by atoms with Crippen LogP contribution in [0.25, 0.3) is 0 Å². The topological polar surface area (TPSA) is 102 Å². The molecule has 1 unspecified atom stereocenters. The van der Waals surface area contributed by atoms with E-state index < -0.39 is 29.5 Å². The molecule has 0 saturated heterocycles. The smallest absolute Gasteiger partial charge is 0.338 e. The van der Waals surface area contributed by atoms with E-state index in [4.69, 9.17) is 16.3 Å². The van der Waals surface area contributed by atoms with Crippen molar-refractivity contribution >= 4 is 46.5 Å². The second-order valence-electron chi connectivity index (χ2n) is 6.21. The number of carbonyl (C=O) groups excluding carboxylic acids is 4. The first kappa shape index (κ1) is 22.1. The Kier molecular flexibility index (Phi) is 7.91. The van der Waals surface area contributed by atoms with E-state index >= 15 is 0 Å². The summed E-state index contributed by atoms with van der Waals surface area (Å²) in [5.74, 6) is -3.15. The van der Waals surface area contributed by atoms with Gasteiger partial charge in [0.2, 0.25) is 11.8 Å². The molecule has 2 amide bonds. The fraction of sp³-hybridized carbons (Fsp3) is 0.238. The third kappa shape index (κ3) is 6.73. The minimum absolute atomic E-state index is 0.259. The molecular weight excluding hydrogens is 396 g/mol. The minimum Gasteiger partial charge on any atom is -0.462 e. The highest BCUT2D eigenvalue weighted by Crippen LogP contribution is 2.17. The minimum atomic E-state index is -1.15. The lowest BCUT2D eigenvalue weighted by Crippen LogP contribution is -2.32. The molecule has 0 fully saturated rings. The van der Waals surface area contributed by atoms with Crippen molar-refractivity contribution in [1.29, 1.82) is 0 Å². The van der Waals surface area contributed by atoms with Crippen LogP contribution in [-0.4, -0.2) is 30.2 Å². The number of rotatable bonds is 8. The Hall–Kier alpha value is -3.19. The molecule has 0 aliphatic carbocycles. The Labute approximate surface area is 173 Å². The SMILES string of the molecule is CCOC(=O)c1ccc(NC(=O)C(CC(=O)Nc2cccc(Cl)c2)C(C)=O)cc1. The normalized spacial score (nSPS) is 11.3. The van der Waals surface area contributed by atoms with Gasteiger partial charge >= 0.3 is 5.97 Å². The van der Waals surface area contributed by atoms with E-state index in [0.717, 1.165) is 0 Å². The Morgan fingerprint density at radius 1 is 1.00 bits per heavy atom. The van der Waals surface area contributed by atoms with Crippen molar-refractivity contribution in [3.05, 3.63) is 59.1 Å². The van der Waals surface area contributed by atoms with E-state index in [1.54, 1.807) is 31.2 Å². The number of ether oxygens (including phenoxy) is 1. The van der Waals surface area contributed by atoms with Gasteiger partial charge in [-0.3, -0.25) is 14.4 Å². The van der Waals surface area contributed by atoms with Crippen LogP contribution in [0.2, 0.25) is 5.02 Å². The lowest BCUT2D eigenvalue weighted by Gasteiger charge is -2.14. The molecule has 0 aliphatic heterocycles. The Morgan fingerprint density at radius 2 is 1.69 bits per heavy atom. The number of Topliss-reactive ketones (excluding diaryl/α,β-unsaturated/α-hetero) is 1. The maximum Gasteiger partial charge on any atom is 0.338 e. The second-order valence-corrected chi connectivity index (χ2v) is 6.65. The molecule has 2 aromatic rings. The molecule has 2 rings (SSSR count). The summed E-state index contributed by atoms with van der Waals surface area (Å²) in [7, 11) is 0. The molecule has 0 aliphatic rings. The first-order chi connectivity index (χ1) is 13.8. The van der Waals surface area contributed by atoms with Crippen LogP contribution in [0.15, 0.2) is 48.5 Å². The predicted octanol–water partition coefficient (Wildman–Crippen LogP) is 3.69. The van der Waals surface area contributed by atoms with Gasteiger partial charge in [0.1, 0.15) is 11.7 Å². The van der Waals surface area contributed by atoms with Crippen molar-refractivity contribution in [2.45, 2.75) is 20.3 Å². The van der Waals surface area contributed by atoms with Crippen molar-refractivity contribution in [1.82, 2.24) is 0 Å². The number of carbonyl (C=O) groups is 4. The molecule has 7 nitrogen and oxygen atoms in total. The van der Waals surface area contributed by atoms with Crippen molar-refractivity contribution in [2.24, 2.45) is 5.92 Å². The van der Waals surface area contributed by atoms with Gasteiger partial charge in [-0.1, -0.05) is 17.7 Å². The molecule has 0 aromatic heterocycles. The third-order valence-electron chi connectivity index (χ3n) is 3.97. The number of hydrogen-bond donors (Lipinski definition) is 2. The highest BCUT2D eigenvalue weighted by atomic mass is 35.5. The average Bonchev–Trinajstić information content (AvgIpc) is 2.66. The monoisotopic (exact) mass is 416 g/mol. The lowest BCUT2D eigenvalue weighted by atomic mass is 9.99. The quantitative estimate of drug-likeness (QED) is 0.504. The molecule has 0 spiro atoms. The average molecular weight is 417 g/mol.